The fourth-order valence-electron chi connectivity index (χ4n) is 2.41. The molecule has 0 bridgehead atoms. The Bertz CT molecular complexity index is 942. The van der Waals surface area contributed by atoms with Crippen LogP contribution in [0.3, 0.4) is 0 Å². The van der Waals surface area contributed by atoms with Crippen LogP contribution in [0.4, 0.5) is 0 Å². The average Bonchev–Trinajstić information content (AvgIpc) is 3.05. The number of aromatic nitrogens is 1. The molecule has 0 aliphatic heterocycles. The van der Waals surface area contributed by atoms with Crippen molar-refractivity contribution in [3.8, 4) is 22.1 Å². The summed E-state index contributed by atoms with van der Waals surface area (Å²) < 4.78 is 10.6. The van der Waals surface area contributed by atoms with Gasteiger partial charge in [-0.1, -0.05) is 35.9 Å². The van der Waals surface area contributed by atoms with E-state index in [-0.39, 0.29) is 12.5 Å². The second-order valence-corrected chi connectivity index (χ2v) is 7.24. The highest BCUT2D eigenvalue weighted by atomic mass is 35.5. The van der Waals surface area contributed by atoms with Gasteiger partial charge in [0.25, 0.3) is 5.91 Å². The summed E-state index contributed by atoms with van der Waals surface area (Å²) in [5.74, 6) is 1.06. The van der Waals surface area contributed by atoms with Crippen molar-refractivity contribution in [2.45, 2.75) is 13.5 Å². The number of hydrogen-bond donors (Lipinski definition) is 1. The second-order valence-electron chi connectivity index (χ2n) is 5.75. The van der Waals surface area contributed by atoms with Gasteiger partial charge in [-0.05, 0) is 25.1 Å². The monoisotopic (exact) mass is 402 g/mol. The molecule has 0 spiro atoms. The lowest BCUT2D eigenvalue weighted by Gasteiger charge is -2.08. The predicted molar refractivity (Wildman–Crippen MR) is 108 cm³/mol. The Hall–Kier alpha value is -2.57. The first kappa shape index (κ1) is 19.2. The molecular formula is C20H19ClN2O3S. The first-order valence-electron chi connectivity index (χ1n) is 8.31. The van der Waals surface area contributed by atoms with Crippen LogP contribution in [-0.4, -0.2) is 24.6 Å². The van der Waals surface area contributed by atoms with E-state index in [1.165, 1.54) is 11.3 Å². The summed E-state index contributed by atoms with van der Waals surface area (Å²) in [6.07, 6.45) is 0. The molecule has 1 heterocycles. The zero-order chi connectivity index (χ0) is 19.2. The van der Waals surface area contributed by atoms with Gasteiger partial charge in [-0.15, -0.1) is 11.3 Å². The van der Waals surface area contributed by atoms with Gasteiger partial charge in [0.05, 0.1) is 24.4 Å². The Morgan fingerprint density at radius 3 is 2.74 bits per heavy atom. The third-order valence-electron chi connectivity index (χ3n) is 3.85. The molecule has 3 rings (SSSR count). The number of methoxy groups -OCH3 is 1. The molecule has 0 radical (unpaired) electrons. The number of carbonyl (C=O) groups is 1. The Kier molecular flexibility index (Phi) is 6.32. The van der Waals surface area contributed by atoms with E-state index in [1.54, 1.807) is 19.2 Å². The molecule has 27 heavy (non-hydrogen) atoms. The molecule has 2 aromatic carbocycles. The summed E-state index contributed by atoms with van der Waals surface area (Å²) in [6.45, 7) is 2.25. The van der Waals surface area contributed by atoms with Crippen LogP contribution >= 0.6 is 22.9 Å². The van der Waals surface area contributed by atoms with Crippen LogP contribution in [0.5, 0.6) is 11.5 Å². The number of halogens is 1. The first-order chi connectivity index (χ1) is 13.1. The van der Waals surface area contributed by atoms with Crippen LogP contribution in [-0.2, 0) is 11.3 Å². The van der Waals surface area contributed by atoms with Crippen molar-refractivity contribution in [1.29, 1.82) is 0 Å². The molecule has 1 aromatic heterocycles. The Morgan fingerprint density at radius 1 is 1.19 bits per heavy atom. The van der Waals surface area contributed by atoms with Crippen LogP contribution < -0.4 is 14.8 Å². The summed E-state index contributed by atoms with van der Waals surface area (Å²) in [6, 6.07) is 14.7. The van der Waals surface area contributed by atoms with Crippen molar-refractivity contribution < 1.29 is 14.3 Å². The van der Waals surface area contributed by atoms with Gasteiger partial charge in [0.1, 0.15) is 16.5 Å². The minimum Gasteiger partial charge on any atom is -0.497 e. The summed E-state index contributed by atoms with van der Waals surface area (Å²) in [7, 11) is 1.58. The summed E-state index contributed by atoms with van der Waals surface area (Å²) in [4.78, 5) is 17.6. The average molecular weight is 403 g/mol. The van der Waals surface area contributed by atoms with Gasteiger partial charge in [0.15, 0.2) is 6.61 Å². The lowest BCUT2D eigenvalue weighted by molar-refractivity contribution is -0.123. The van der Waals surface area contributed by atoms with Crippen LogP contribution in [0.25, 0.3) is 10.6 Å². The van der Waals surface area contributed by atoms with Crippen molar-refractivity contribution in [3.63, 3.8) is 0 Å². The molecule has 3 aromatic rings. The number of thiazole rings is 1. The molecule has 5 nitrogen and oxygen atoms in total. The zero-order valence-corrected chi connectivity index (χ0v) is 16.6. The number of benzene rings is 2. The summed E-state index contributed by atoms with van der Waals surface area (Å²) in [5, 5.41) is 4.36. The largest absolute Gasteiger partial charge is 0.497 e. The first-order valence-corrected chi connectivity index (χ1v) is 9.51. The molecule has 1 N–H and O–H groups in total. The molecule has 7 heteroatoms. The standard InChI is InChI=1S/C20H19ClN2O3S/c1-13-18(27-20(23-13)16-8-3-4-9-17(16)21)11-22-19(24)12-26-15-7-5-6-14(10-15)25-2/h3-10H,11-12H2,1-2H3,(H,22,24). The molecule has 140 valence electrons. The molecular weight excluding hydrogens is 384 g/mol. The number of nitrogens with one attached hydrogen (secondary N) is 1. The fraction of sp³-hybridized carbons (Fsp3) is 0.200. The maximum absolute atomic E-state index is 12.1. The number of nitrogens with zero attached hydrogens (tertiary/aromatic N) is 1. The lowest BCUT2D eigenvalue weighted by atomic mass is 10.2. The molecule has 0 fully saturated rings. The molecule has 0 aliphatic rings. The van der Waals surface area contributed by atoms with Gasteiger partial charge in [-0.25, -0.2) is 4.98 Å². The van der Waals surface area contributed by atoms with Gasteiger partial charge >= 0.3 is 0 Å². The fourth-order valence-corrected chi connectivity index (χ4v) is 3.73. The highest BCUT2D eigenvalue weighted by Crippen LogP contribution is 2.32. The van der Waals surface area contributed by atoms with E-state index >= 15 is 0 Å². The van der Waals surface area contributed by atoms with Crippen molar-refractivity contribution in [2.24, 2.45) is 0 Å². The Morgan fingerprint density at radius 2 is 1.96 bits per heavy atom. The molecule has 0 atom stereocenters. The van der Waals surface area contributed by atoms with Gasteiger partial charge < -0.3 is 14.8 Å². The van der Waals surface area contributed by atoms with Crippen LogP contribution in [0.15, 0.2) is 48.5 Å². The number of aryl methyl sites for hydroxylation is 1. The highest BCUT2D eigenvalue weighted by Gasteiger charge is 2.13. The van der Waals surface area contributed by atoms with Crippen LogP contribution in [0, 0.1) is 6.92 Å². The lowest BCUT2D eigenvalue weighted by Crippen LogP contribution is -2.28. The van der Waals surface area contributed by atoms with E-state index in [4.69, 9.17) is 21.1 Å². The van der Waals surface area contributed by atoms with E-state index in [0.29, 0.717) is 23.1 Å². The Balaban J connectivity index is 1.57. The second kappa shape index (κ2) is 8.88. The van der Waals surface area contributed by atoms with Gasteiger partial charge in [-0.3, -0.25) is 4.79 Å². The van der Waals surface area contributed by atoms with Crippen molar-refractivity contribution in [1.82, 2.24) is 10.3 Å². The van der Waals surface area contributed by atoms with Crippen LogP contribution in [0.1, 0.15) is 10.6 Å². The van der Waals surface area contributed by atoms with Crippen molar-refractivity contribution in [3.05, 3.63) is 64.1 Å². The van der Waals surface area contributed by atoms with E-state index in [2.05, 4.69) is 10.3 Å². The normalized spacial score (nSPS) is 10.5. The molecule has 0 aliphatic carbocycles. The van der Waals surface area contributed by atoms with E-state index in [0.717, 1.165) is 21.1 Å². The molecule has 1 amide bonds. The third kappa shape index (κ3) is 4.99. The molecule has 0 unspecified atom stereocenters. The SMILES string of the molecule is COc1cccc(OCC(=O)NCc2sc(-c3ccccc3Cl)nc2C)c1. The smallest absolute Gasteiger partial charge is 0.258 e. The molecule has 0 saturated heterocycles. The summed E-state index contributed by atoms with van der Waals surface area (Å²) in [5.41, 5.74) is 1.77. The number of carbonyl (C=O) groups excluding carboxylic acids is 1. The number of hydrogen-bond acceptors (Lipinski definition) is 5. The predicted octanol–water partition coefficient (Wildman–Crippen LogP) is 4.48. The zero-order valence-electron chi connectivity index (χ0n) is 15.0. The van der Waals surface area contributed by atoms with E-state index < -0.39 is 0 Å². The van der Waals surface area contributed by atoms with Gasteiger partial charge in [-0.2, -0.15) is 0 Å². The van der Waals surface area contributed by atoms with Gasteiger partial charge in [0, 0.05) is 16.5 Å². The molecule has 0 saturated carbocycles. The van der Waals surface area contributed by atoms with E-state index in [9.17, 15) is 4.79 Å². The van der Waals surface area contributed by atoms with Crippen LogP contribution in [0.2, 0.25) is 5.02 Å². The Labute approximate surface area is 166 Å². The van der Waals surface area contributed by atoms with E-state index in [1.807, 2.05) is 43.3 Å². The van der Waals surface area contributed by atoms with Crippen molar-refractivity contribution in [2.75, 3.05) is 13.7 Å². The number of rotatable bonds is 7. The number of ether oxygens (including phenoxy) is 2. The minimum absolute atomic E-state index is 0.0671. The number of amides is 1. The summed E-state index contributed by atoms with van der Waals surface area (Å²) >= 11 is 7.76. The maximum Gasteiger partial charge on any atom is 0.258 e. The topological polar surface area (TPSA) is 60.5 Å². The maximum atomic E-state index is 12.1. The minimum atomic E-state index is -0.204. The third-order valence-corrected chi connectivity index (χ3v) is 5.37. The highest BCUT2D eigenvalue weighted by molar-refractivity contribution is 7.15. The quantitative estimate of drug-likeness (QED) is 0.633. The van der Waals surface area contributed by atoms with Crippen molar-refractivity contribution >= 4 is 28.8 Å². The van der Waals surface area contributed by atoms with Gasteiger partial charge in [0.2, 0.25) is 0 Å².